The van der Waals surface area contributed by atoms with Crippen LogP contribution in [0.5, 0.6) is 0 Å². The highest BCUT2D eigenvalue weighted by atomic mass is 35.5. The summed E-state index contributed by atoms with van der Waals surface area (Å²) in [6.45, 7) is 2.38. The first-order chi connectivity index (χ1) is 8.63. The number of likely N-dealkylation sites (tertiary alicyclic amines) is 1. The summed E-state index contributed by atoms with van der Waals surface area (Å²) in [5.41, 5.74) is 0.965. The first-order valence-electron chi connectivity index (χ1n) is 5.72. The Bertz CT molecular complexity index is 405. The van der Waals surface area contributed by atoms with Crippen LogP contribution in [0, 0.1) is 0 Å². The molecule has 0 saturated carbocycles. The number of methoxy groups -OCH3 is 2. The van der Waals surface area contributed by atoms with Crippen LogP contribution in [0.25, 0.3) is 0 Å². The van der Waals surface area contributed by atoms with E-state index >= 15 is 0 Å². The SMILES string of the molecule is COC1CN(Cc2cnc(Cl)cc2Cl)CC1OC. The number of hydrogen-bond acceptors (Lipinski definition) is 4. The molecule has 6 heteroatoms. The van der Waals surface area contributed by atoms with E-state index in [2.05, 4.69) is 9.88 Å². The Labute approximate surface area is 117 Å². The van der Waals surface area contributed by atoms with Crippen molar-refractivity contribution in [2.45, 2.75) is 18.8 Å². The van der Waals surface area contributed by atoms with Crippen LogP contribution in [0.4, 0.5) is 0 Å². The van der Waals surface area contributed by atoms with E-state index < -0.39 is 0 Å². The third-order valence-electron chi connectivity index (χ3n) is 3.19. The van der Waals surface area contributed by atoms with E-state index in [1.54, 1.807) is 26.5 Å². The van der Waals surface area contributed by atoms with Crippen LogP contribution in [0.1, 0.15) is 5.56 Å². The van der Waals surface area contributed by atoms with Gasteiger partial charge < -0.3 is 9.47 Å². The van der Waals surface area contributed by atoms with Crippen molar-refractivity contribution in [2.75, 3.05) is 27.3 Å². The van der Waals surface area contributed by atoms with Crippen LogP contribution in [-0.2, 0) is 16.0 Å². The maximum Gasteiger partial charge on any atom is 0.130 e. The highest BCUT2D eigenvalue weighted by Gasteiger charge is 2.32. The molecule has 0 spiro atoms. The van der Waals surface area contributed by atoms with Gasteiger partial charge in [-0.3, -0.25) is 4.90 Å². The number of aromatic nitrogens is 1. The van der Waals surface area contributed by atoms with Gasteiger partial charge in [-0.15, -0.1) is 0 Å². The second-order valence-electron chi connectivity index (χ2n) is 4.34. The van der Waals surface area contributed by atoms with Gasteiger partial charge in [0.25, 0.3) is 0 Å². The zero-order valence-corrected chi connectivity index (χ0v) is 11.9. The minimum absolute atomic E-state index is 0.106. The summed E-state index contributed by atoms with van der Waals surface area (Å²) < 4.78 is 10.8. The molecule has 1 aliphatic heterocycles. The van der Waals surface area contributed by atoms with Crippen molar-refractivity contribution in [1.29, 1.82) is 0 Å². The van der Waals surface area contributed by atoms with Crippen LogP contribution in [0.3, 0.4) is 0 Å². The third-order valence-corrected chi connectivity index (χ3v) is 3.75. The second-order valence-corrected chi connectivity index (χ2v) is 5.14. The summed E-state index contributed by atoms with van der Waals surface area (Å²) in [6.07, 6.45) is 1.93. The fraction of sp³-hybridized carbons (Fsp3) is 0.583. The summed E-state index contributed by atoms with van der Waals surface area (Å²) >= 11 is 11.9. The van der Waals surface area contributed by atoms with Crippen molar-refractivity contribution in [3.8, 4) is 0 Å². The lowest BCUT2D eigenvalue weighted by atomic mass is 10.2. The summed E-state index contributed by atoms with van der Waals surface area (Å²) in [7, 11) is 3.41. The topological polar surface area (TPSA) is 34.6 Å². The average Bonchev–Trinajstić information content (AvgIpc) is 2.75. The molecule has 1 saturated heterocycles. The fourth-order valence-electron chi connectivity index (χ4n) is 2.19. The zero-order chi connectivity index (χ0) is 13.1. The molecule has 1 aromatic rings. The van der Waals surface area contributed by atoms with Crippen LogP contribution in [-0.4, -0.2) is 49.4 Å². The Morgan fingerprint density at radius 1 is 1.28 bits per heavy atom. The summed E-state index contributed by atoms with van der Waals surface area (Å²) in [4.78, 5) is 6.29. The largest absolute Gasteiger partial charge is 0.377 e. The van der Waals surface area contributed by atoms with Crippen molar-refractivity contribution in [3.63, 3.8) is 0 Å². The molecule has 2 atom stereocenters. The van der Waals surface area contributed by atoms with Gasteiger partial charge in [0.05, 0.1) is 12.2 Å². The highest BCUT2D eigenvalue weighted by molar-refractivity contribution is 6.34. The van der Waals surface area contributed by atoms with E-state index in [1.165, 1.54) is 0 Å². The van der Waals surface area contributed by atoms with Gasteiger partial charge in [-0.1, -0.05) is 23.2 Å². The van der Waals surface area contributed by atoms with E-state index in [1.807, 2.05) is 0 Å². The smallest absolute Gasteiger partial charge is 0.130 e. The van der Waals surface area contributed by atoms with Crippen LogP contribution in [0.15, 0.2) is 12.3 Å². The molecule has 0 aliphatic carbocycles. The van der Waals surface area contributed by atoms with Gasteiger partial charge in [0.15, 0.2) is 0 Å². The lowest BCUT2D eigenvalue weighted by Gasteiger charge is -2.15. The molecule has 1 aliphatic rings. The molecule has 0 bridgehead atoms. The van der Waals surface area contributed by atoms with E-state index in [4.69, 9.17) is 32.7 Å². The van der Waals surface area contributed by atoms with Gasteiger partial charge in [0, 0.05) is 50.6 Å². The van der Waals surface area contributed by atoms with Crippen molar-refractivity contribution in [2.24, 2.45) is 0 Å². The Hall–Kier alpha value is -0.390. The summed E-state index contributed by atoms with van der Waals surface area (Å²) in [5, 5.41) is 1.06. The van der Waals surface area contributed by atoms with Crippen molar-refractivity contribution < 1.29 is 9.47 Å². The van der Waals surface area contributed by atoms with Crippen LogP contribution >= 0.6 is 23.2 Å². The van der Waals surface area contributed by atoms with Gasteiger partial charge in [-0.25, -0.2) is 4.98 Å². The predicted molar refractivity (Wildman–Crippen MR) is 71.1 cm³/mol. The highest BCUT2D eigenvalue weighted by Crippen LogP contribution is 2.23. The summed E-state index contributed by atoms with van der Waals surface area (Å²) in [5.74, 6) is 0. The lowest BCUT2D eigenvalue weighted by Crippen LogP contribution is -2.27. The fourth-order valence-corrected chi connectivity index (χ4v) is 2.62. The maximum absolute atomic E-state index is 6.13. The summed E-state index contributed by atoms with van der Waals surface area (Å²) in [6, 6.07) is 1.66. The molecule has 1 fully saturated rings. The molecule has 1 aromatic heterocycles. The number of ether oxygens (including phenoxy) is 2. The van der Waals surface area contributed by atoms with Crippen molar-refractivity contribution >= 4 is 23.2 Å². The molecule has 18 heavy (non-hydrogen) atoms. The minimum Gasteiger partial charge on any atom is -0.377 e. The standard InChI is InChI=1S/C12H16Cl2N2O2/c1-17-10-6-16(7-11(10)18-2)5-8-4-15-12(14)3-9(8)13/h3-4,10-11H,5-7H2,1-2H3. The average molecular weight is 291 g/mol. The zero-order valence-electron chi connectivity index (χ0n) is 10.4. The van der Waals surface area contributed by atoms with E-state index in [0.29, 0.717) is 10.2 Å². The van der Waals surface area contributed by atoms with Gasteiger partial charge >= 0.3 is 0 Å². The molecule has 0 amide bonds. The molecule has 2 heterocycles. The third kappa shape index (κ3) is 3.13. The Morgan fingerprint density at radius 3 is 2.39 bits per heavy atom. The van der Waals surface area contributed by atoms with Crippen molar-refractivity contribution in [1.82, 2.24) is 9.88 Å². The molecular weight excluding hydrogens is 275 g/mol. The Morgan fingerprint density at radius 2 is 1.89 bits per heavy atom. The van der Waals surface area contributed by atoms with E-state index in [9.17, 15) is 0 Å². The maximum atomic E-state index is 6.13. The lowest BCUT2D eigenvalue weighted by molar-refractivity contribution is -0.00461. The molecule has 100 valence electrons. The van der Waals surface area contributed by atoms with E-state index in [-0.39, 0.29) is 12.2 Å². The number of halogens is 2. The van der Waals surface area contributed by atoms with Crippen molar-refractivity contribution in [3.05, 3.63) is 28.0 Å². The first-order valence-corrected chi connectivity index (χ1v) is 6.47. The van der Waals surface area contributed by atoms with Gasteiger partial charge in [0.2, 0.25) is 0 Å². The van der Waals surface area contributed by atoms with Gasteiger partial charge in [-0.2, -0.15) is 0 Å². The number of rotatable bonds is 4. The molecule has 0 radical (unpaired) electrons. The second kappa shape index (κ2) is 6.17. The molecule has 2 rings (SSSR count). The number of pyridine rings is 1. The molecule has 0 N–H and O–H groups in total. The molecule has 2 unspecified atom stereocenters. The quantitative estimate of drug-likeness (QED) is 0.797. The molecule has 4 nitrogen and oxygen atoms in total. The van der Waals surface area contributed by atoms with Crippen LogP contribution in [0.2, 0.25) is 10.2 Å². The Kier molecular flexibility index (Phi) is 4.81. The first kappa shape index (κ1) is 14.0. The van der Waals surface area contributed by atoms with Crippen LogP contribution < -0.4 is 0 Å². The molecular formula is C12H16Cl2N2O2. The number of nitrogens with zero attached hydrogens (tertiary/aromatic N) is 2. The minimum atomic E-state index is 0.106. The van der Waals surface area contributed by atoms with Gasteiger partial charge in [0.1, 0.15) is 5.15 Å². The predicted octanol–water partition coefficient (Wildman–Crippen LogP) is 2.23. The monoisotopic (exact) mass is 290 g/mol. The number of hydrogen-bond donors (Lipinski definition) is 0. The van der Waals surface area contributed by atoms with E-state index in [0.717, 1.165) is 25.2 Å². The normalized spacial score (nSPS) is 24.7. The Balaban J connectivity index is 2.02. The molecule has 0 aromatic carbocycles. The van der Waals surface area contributed by atoms with Gasteiger partial charge in [-0.05, 0) is 6.07 Å².